The first kappa shape index (κ1) is 24.4. The topological polar surface area (TPSA) is 60.5 Å². The van der Waals surface area contributed by atoms with Crippen molar-refractivity contribution >= 4 is 5.65 Å². The molecule has 1 saturated heterocycles. The van der Waals surface area contributed by atoms with Crippen LogP contribution in [0, 0.1) is 0 Å². The molecule has 0 amide bonds. The maximum Gasteiger partial charge on any atom is 0.156 e. The molecule has 0 atom stereocenters. The lowest BCUT2D eigenvalue weighted by Gasteiger charge is -2.26. The number of fused-ring (bicyclic) bond motifs is 1. The van der Waals surface area contributed by atoms with Gasteiger partial charge in [0.25, 0.3) is 0 Å². The van der Waals surface area contributed by atoms with Crippen LogP contribution in [-0.4, -0.2) is 55.5 Å². The Balaban J connectivity index is 1.08. The highest BCUT2D eigenvalue weighted by Crippen LogP contribution is 2.21. The molecule has 0 N–H and O–H groups in total. The van der Waals surface area contributed by atoms with E-state index in [1.807, 2.05) is 33.6 Å². The van der Waals surface area contributed by atoms with Crippen LogP contribution in [0.4, 0.5) is 0 Å². The lowest BCUT2D eigenvalue weighted by Crippen LogP contribution is -2.31. The van der Waals surface area contributed by atoms with Crippen molar-refractivity contribution in [1.82, 2.24) is 29.3 Å². The number of rotatable bonds is 10. The van der Waals surface area contributed by atoms with Gasteiger partial charge in [0.05, 0.1) is 25.0 Å². The monoisotopic (exact) mass is 506 g/mol. The van der Waals surface area contributed by atoms with E-state index >= 15 is 0 Å². The maximum absolute atomic E-state index is 5.98. The lowest BCUT2D eigenvalue weighted by molar-refractivity contribution is 0.205. The summed E-state index contributed by atoms with van der Waals surface area (Å²) in [6.07, 6.45) is 9.75. The molecule has 38 heavy (non-hydrogen) atoms. The van der Waals surface area contributed by atoms with Gasteiger partial charge in [-0.25, -0.2) is 9.50 Å². The Morgan fingerprint density at radius 2 is 1.66 bits per heavy atom. The molecule has 6 rings (SSSR count). The van der Waals surface area contributed by atoms with Crippen LogP contribution in [0.1, 0.15) is 42.6 Å². The van der Waals surface area contributed by atoms with Crippen LogP contribution >= 0.6 is 0 Å². The smallest absolute Gasteiger partial charge is 0.156 e. The highest BCUT2D eigenvalue weighted by Gasteiger charge is 2.12. The molecule has 3 aromatic heterocycles. The van der Waals surface area contributed by atoms with E-state index in [-0.39, 0.29) is 0 Å². The van der Waals surface area contributed by atoms with E-state index in [9.17, 15) is 0 Å². The third kappa shape index (κ3) is 5.94. The van der Waals surface area contributed by atoms with Gasteiger partial charge in [-0.1, -0.05) is 55.0 Å². The molecule has 7 heteroatoms. The standard InChI is InChI=1S/C31H34N6O/c1-3-9-26(10-4-1)23-36-24-27(22-32-36)29-11-7-12-31-33-30(34-37(29)31)21-25-13-15-28(16-14-25)38-20-8-19-35-17-5-2-6-18-35/h1,3-4,7,9-16,22,24H,2,5-6,8,17-21,23H2. The van der Waals surface area contributed by atoms with Crippen LogP contribution in [0.2, 0.25) is 0 Å². The molecule has 2 aromatic carbocycles. The minimum absolute atomic E-state index is 0.670. The first-order valence-corrected chi connectivity index (χ1v) is 13.7. The van der Waals surface area contributed by atoms with Gasteiger partial charge in [0.15, 0.2) is 11.5 Å². The summed E-state index contributed by atoms with van der Waals surface area (Å²) in [5, 5.41) is 9.41. The maximum atomic E-state index is 5.98. The number of ether oxygens (including phenoxy) is 1. The molecule has 4 heterocycles. The molecule has 0 spiro atoms. The van der Waals surface area contributed by atoms with Crippen LogP contribution in [0.15, 0.2) is 85.2 Å². The van der Waals surface area contributed by atoms with E-state index in [1.54, 1.807) is 0 Å². The van der Waals surface area contributed by atoms with E-state index in [0.717, 1.165) is 54.6 Å². The van der Waals surface area contributed by atoms with Crippen LogP contribution in [0.3, 0.4) is 0 Å². The molecule has 1 aliphatic heterocycles. The Morgan fingerprint density at radius 1 is 0.816 bits per heavy atom. The minimum Gasteiger partial charge on any atom is -0.494 e. The molecule has 0 unspecified atom stereocenters. The van der Waals surface area contributed by atoms with Gasteiger partial charge >= 0.3 is 0 Å². The van der Waals surface area contributed by atoms with Gasteiger partial charge in [-0.15, -0.1) is 0 Å². The molecule has 0 aliphatic carbocycles. The molecule has 7 nitrogen and oxygen atoms in total. The number of piperidine rings is 1. The first-order valence-electron chi connectivity index (χ1n) is 13.7. The van der Waals surface area contributed by atoms with Crippen molar-refractivity contribution in [2.75, 3.05) is 26.2 Å². The summed E-state index contributed by atoms with van der Waals surface area (Å²) in [5.41, 5.74) is 5.22. The van der Waals surface area contributed by atoms with E-state index in [0.29, 0.717) is 6.42 Å². The van der Waals surface area contributed by atoms with Crippen LogP contribution in [0.25, 0.3) is 16.9 Å². The highest BCUT2D eigenvalue weighted by molar-refractivity contribution is 5.61. The Bertz CT molecular complexity index is 1450. The predicted molar refractivity (Wildman–Crippen MR) is 149 cm³/mol. The quantitative estimate of drug-likeness (QED) is 0.235. The van der Waals surface area contributed by atoms with Crippen molar-refractivity contribution in [1.29, 1.82) is 0 Å². The number of nitrogens with zero attached hydrogens (tertiary/aromatic N) is 6. The molecule has 194 valence electrons. The summed E-state index contributed by atoms with van der Waals surface area (Å²) in [5.74, 6) is 1.72. The molecule has 1 aliphatic rings. The summed E-state index contributed by atoms with van der Waals surface area (Å²) in [4.78, 5) is 7.34. The van der Waals surface area contributed by atoms with Gasteiger partial charge in [-0.3, -0.25) is 4.68 Å². The van der Waals surface area contributed by atoms with Gasteiger partial charge < -0.3 is 9.64 Å². The second kappa shape index (κ2) is 11.6. The minimum atomic E-state index is 0.670. The van der Waals surface area contributed by atoms with Crippen LogP contribution in [0.5, 0.6) is 5.75 Å². The average molecular weight is 507 g/mol. The lowest BCUT2D eigenvalue weighted by atomic mass is 10.1. The highest BCUT2D eigenvalue weighted by atomic mass is 16.5. The number of hydrogen-bond donors (Lipinski definition) is 0. The Kier molecular flexibility index (Phi) is 7.44. The van der Waals surface area contributed by atoms with Gasteiger partial charge in [-0.2, -0.15) is 10.2 Å². The number of aromatic nitrogens is 5. The van der Waals surface area contributed by atoms with Crippen LogP contribution in [-0.2, 0) is 13.0 Å². The predicted octanol–water partition coefficient (Wildman–Crippen LogP) is 5.49. The molecule has 0 saturated carbocycles. The molecule has 0 radical (unpaired) electrons. The van der Waals surface area contributed by atoms with Gasteiger partial charge in [0, 0.05) is 24.7 Å². The normalized spacial score (nSPS) is 14.2. The fourth-order valence-corrected chi connectivity index (χ4v) is 5.14. The van der Waals surface area contributed by atoms with Crippen molar-refractivity contribution in [3.8, 4) is 17.0 Å². The second-order valence-electron chi connectivity index (χ2n) is 10.0. The zero-order chi connectivity index (χ0) is 25.6. The summed E-state index contributed by atoms with van der Waals surface area (Å²) in [7, 11) is 0. The summed E-state index contributed by atoms with van der Waals surface area (Å²) in [6, 6.07) is 24.8. The molecule has 5 aromatic rings. The van der Waals surface area contributed by atoms with E-state index < -0.39 is 0 Å². The van der Waals surface area contributed by atoms with Crippen LogP contribution < -0.4 is 4.74 Å². The van der Waals surface area contributed by atoms with Gasteiger partial charge in [0.1, 0.15) is 5.75 Å². The third-order valence-corrected chi connectivity index (χ3v) is 7.14. The SMILES string of the molecule is c1ccc(Cn2cc(-c3cccc4nc(Cc5ccc(OCCCN6CCCCC6)cc5)nn34)cn2)cc1. The number of hydrogen-bond acceptors (Lipinski definition) is 5. The van der Waals surface area contributed by atoms with E-state index in [4.69, 9.17) is 14.8 Å². The fourth-order valence-electron chi connectivity index (χ4n) is 5.14. The van der Waals surface area contributed by atoms with Crippen molar-refractivity contribution in [3.63, 3.8) is 0 Å². The zero-order valence-corrected chi connectivity index (χ0v) is 21.7. The molecular formula is C31H34N6O. The third-order valence-electron chi connectivity index (χ3n) is 7.14. The van der Waals surface area contributed by atoms with E-state index in [1.165, 1.54) is 43.5 Å². The molecule has 0 bridgehead atoms. The average Bonchev–Trinajstić information content (AvgIpc) is 3.60. The first-order chi connectivity index (χ1) is 18.8. The number of benzene rings is 2. The molecular weight excluding hydrogens is 472 g/mol. The summed E-state index contributed by atoms with van der Waals surface area (Å²) < 4.78 is 9.86. The zero-order valence-electron chi connectivity index (χ0n) is 21.7. The van der Waals surface area contributed by atoms with Crippen molar-refractivity contribution < 1.29 is 4.74 Å². The van der Waals surface area contributed by atoms with Crippen molar-refractivity contribution in [2.45, 2.75) is 38.6 Å². The summed E-state index contributed by atoms with van der Waals surface area (Å²) >= 11 is 0. The Hall–Kier alpha value is -3.97. The van der Waals surface area contributed by atoms with Crippen molar-refractivity contribution in [2.24, 2.45) is 0 Å². The second-order valence-corrected chi connectivity index (χ2v) is 10.0. The van der Waals surface area contributed by atoms with Crippen molar-refractivity contribution in [3.05, 3.63) is 102 Å². The fraction of sp³-hybridized carbons (Fsp3) is 0.323. The Labute approximate surface area is 223 Å². The largest absolute Gasteiger partial charge is 0.494 e. The molecule has 1 fully saturated rings. The number of pyridine rings is 1. The number of likely N-dealkylation sites (tertiary alicyclic amines) is 1. The van der Waals surface area contributed by atoms with Gasteiger partial charge in [0.2, 0.25) is 0 Å². The van der Waals surface area contributed by atoms with E-state index in [2.05, 4.69) is 70.8 Å². The van der Waals surface area contributed by atoms with Gasteiger partial charge in [-0.05, 0) is 67.7 Å². The Morgan fingerprint density at radius 3 is 2.50 bits per heavy atom. The summed E-state index contributed by atoms with van der Waals surface area (Å²) in [6.45, 7) is 5.11.